The molecular weight excluding hydrogens is 276 g/mol. The van der Waals surface area contributed by atoms with Crippen molar-refractivity contribution in [2.75, 3.05) is 33.7 Å². The predicted molar refractivity (Wildman–Crippen MR) is 93.3 cm³/mol. The first-order chi connectivity index (χ1) is 10.7. The summed E-state index contributed by atoms with van der Waals surface area (Å²) >= 11 is 0. The molecule has 0 amide bonds. The first kappa shape index (κ1) is 18.6. The van der Waals surface area contributed by atoms with Crippen molar-refractivity contribution < 1.29 is 4.42 Å². The molecule has 0 aliphatic rings. The van der Waals surface area contributed by atoms with Gasteiger partial charge in [-0.05, 0) is 39.6 Å². The lowest BCUT2D eigenvalue weighted by Gasteiger charge is -2.21. The molecule has 0 saturated heterocycles. The molecule has 0 radical (unpaired) electrons. The lowest BCUT2D eigenvalue weighted by Crippen LogP contribution is -2.38. The number of hydrogen-bond donors (Lipinski definition) is 2. The van der Waals surface area contributed by atoms with E-state index in [0.717, 1.165) is 24.8 Å². The molecule has 5 nitrogen and oxygen atoms in total. The number of hydrogen-bond acceptors (Lipinski definition) is 3. The van der Waals surface area contributed by atoms with Gasteiger partial charge in [0.1, 0.15) is 5.76 Å². The van der Waals surface area contributed by atoms with E-state index in [1.54, 1.807) is 6.26 Å². The fraction of sp³-hybridized carbons (Fsp3) is 0.706. The third-order valence-corrected chi connectivity index (χ3v) is 3.58. The van der Waals surface area contributed by atoms with E-state index in [-0.39, 0.29) is 6.04 Å². The lowest BCUT2D eigenvalue weighted by molar-refractivity contribution is 0.265. The lowest BCUT2D eigenvalue weighted by atomic mass is 10.2. The smallest absolute Gasteiger partial charge is 0.191 e. The van der Waals surface area contributed by atoms with Crippen molar-refractivity contribution in [3.05, 3.63) is 24.2 Å². The zero-order chi connectivity index (χ0) is 16.2. The van der Waals surface area contributed by atoms with E-state index in [9.17, 15) is 0 Å². The van der Waals surface area contributed by atoms with Crippen molar-refractivity contribution in [1.29, 1.82) is 0 Å². The van der Waals surface area contributed by atoms with Crippen molar-refractivity contribution in [3.8, 4) is 0 Å². The normalized spacial score (nSPS) is 13.4. The number of furan rings is 1. The van der Waals surface area contributed by atoms with Crippen LogP contribution in [0, 0.1) is 0 Å². The summed E-state index contributed by atoms with van der Waals surface area (Å²) in [6, 6.07) is 4.09. The molecule has 0 bridgehead atoms. The molecule has 1 aromatic rings. The summed E-state index contributed by atoms with van der Waals surface area (Å²) in [4.78, 5) is 6.83. The van der Waals surface area contributed by atoms with E-state index in [1.807, 2.05) is 26.2 Å². The second-order valence-electron chi connectivity index (χ2n) is 5.70. The van der Waals surface area contributed by atoms with Crippen LogP contribution in [0.1, 0.15) is 51.3 Å². The van der Waals surface area contributed by atoms with E-state index >= 15 is 0 Å². The molecule has 1 aromatic heterocycles. The van der Waals surface area contributed by atoms with Crippen LogP contribution >= 0.6 is 0 Å². The average Bonchev–Trinajstić information content (AvgIpc) is 3.00. The predicted octanol–water partition coefficient (Wildman–Crippen LogP) is 3.02. The Hall–Kier alpha value is -1.49. The minimum atomic E-state index is 0.158. The molecule has 126 valence electrons. The summed E-state index contributed by atoms with van der Waals surface area (Å²) in [5.74, 6) is 1.84. The van der Waals surface area contributed by atoms with Crippen LogP contribution in [0.4, 0.5) is 0 Å². The van der Waals surface area contributed by atoms with Crippen LogP contribution < -0.4 is 10.6 Å². The van der Waals surface area contributed by atoms with E-state index in [4.69, 9.17) is 9.41 Å². The van der Waals surface area contributed by atoms with Crippen LogP contribution in [0.15, 0.2) is 27.8 Å². The third-order valence-electron chi connectivity index (χ3n) is 3.58. The molecule has 0 fully saturated rings. The van der Waals surface area contributed by atoms with Gasteiger partial charge >= 0.3 is 0 Å². The second kappa shape index (κ2) is 11.1. The van der Waals surface area contributed by atoms with Gasteiger partial charge in [0.15, 0.2) is 5.96 Å². The Morgan fingerprint density at radius 3 is 2.64 bits per heavy atom. The van der Waals surface area contributed by atoms with Crippen molar-refractivity contribution in [1.82, 2.24) is 15.5 Å². The summed E-state index contributed by atoms with van der Waals surface area (Å²) in [5, 5.41) is 6.71. The first-order valence-electron chi connectivity index (χ1n) is 8.41. The van der Waals surface area contributed by atoms with E-state index in [0.29, 0.717) is 6.54 Å². The van der Waals surface area contributed by atoms with Gasteiger partial charge in [0.25, 0.3) is 0 Å². The highest BCUT2D eigenvalue weighted by molar-refractivity contribution is 5.79. The zero-order valence-corrected chi connectivity index (χ0v) is 14.6. The third kappa shape index (κ3) is 6.98. The molecule has 22 heavy (non-hydrogen) atoms. The summed E-state index contributed by atoms with van der Waals surface area (Å²) < 4.78 is 5.52. The van der Waals surface area contributed by atoms with Gasteiger partial charge < -0.3 is 15.1 Å². The molecule has 1 rings (SSSR count). The van der Waals surface area contributed by atoms with Crippen molar-refractivity contribution >= 4 is 5.96 Å². The number of nitrogens with one attached hydrogen (secondary N) is 2. The molecule has 1 unspecified atom stereocenters. The SMILES string of the molecule is CCCCCCNC(=NCC(c1ccco1)N(C)C)NCC. The maximum Gasteiger partial charge on any atom is 0.191 e. The molecule has 5 heteroatoms. The quantitative estimate of drug-likeness (QED) is 0.396. The largest absolute Gasteiger partial charge is 0.468 e. The summed E-state index contributed by atoms with van der Waals surface area (Å²) in [6.45, 7) is 6.83. The molecular formula is C17H32N4O. The van der Waals surface area contributed by atoms with Crippen LogP contribution in [0.5, 0.6) is 0 Å². The number of nitrogens with zero attached hydrogens (tertiary/aromatic N) is 2. The highest BCUT2D eigenvalue weighted by Gasteiger charge is 2.16. The zero-order valence-electron chi connectivity index (χ0n) is 14.6. The fourth-order valence-corrected chi connectivity index (χ4v) is 2.27. The Morgan fingerprint density at radius 2 is 2.05 bits per heavy atom. The maximum absolute atomic E-state index is 5.52. The topological polar surface area (TPSA) is 52.8 Å². The summed E-state index contributed by atoms with van der Waals surface area (Å²) in [6.07, 6.45) is 6.74. The van der Waals surface area contributed by atoms with Crippen LogP contribution in [0.3, 0.4) is 0 Å². The molecule has 0 aliphatic carbocycles. The Bertz CT molecular complexity index is 401. The maximum atomic E-state index is 5.52. The highest BCUT2D eigenvalue weighted by Crippen LogP contribution is 2.18. The number of aliphatic imine (C=N–C) groups is 1. The van der Waals surface area contributed by atoms with Crippen molar-refractivity contribution in [2.45, 2.75) is 45.6 Å². The highest BCUT2D eigenvalue weighted by atomic mass is 16.3. The minimum Gasteiger partial charge on any atom is -0.468 e. The van der Waals surface area contributed by atoms with E-state index in [1.165, 1.54) is 25.7 Å². The Kier molecular flexibility index (Phi) is 9.39. The Balaban J connectivity index is 2.51. The summed E-state index contributed by atoms with van der Waals surface area (Å²) in [5.41, 5.74) is 0. The Morgan fingerprint density at radius 1 is 1.23 bits per heavy atom. The van der Waals surface area contributed by atoms with Crippen LogP contribution in [-0.4, -0.2) is 44.6 Å². The van der Waals surface area contributed by atoms with Crippen molar-refractivity contribution in [2.24, 2.45) is 4.99 Å². The molecule has 0 saturated carbocycles. The van der Waals surface area contributed by atoms with Gasteiger partial charge in [-0.15, -0.1) is 0 Å². The second-order valence-corrected chi connectivity index (χ2v) is 5.70. The van der Waals surface area contributed by atoms with Gasteiger partial charge in [0.2, 0.25) is 0 Å². The Labute approximate surface area is 135 Å². The van der Waals surface area contributed by atoms with Crippen molar-refractivity contribution in [3.63, 3.8) is 0 Å². The number of rotatable bonds is 10. The minimum absolute atomic E-state index is 0.158. The standard InChI is InChI=1S/C17H32N4O/c1-5-7-8-9-12-19-17(18-6-2)20-14-15(21(3)4)16-11-10-13-22-16/h10-11,13,15H,5-9,12,14H2,1-4H3,(H2,18,19,20). The molecule has 0 aromatic carbocycles. The fourth-order valence-electron chi connectivity index (χ4n) is 2.27. The van der Waals surface area contributed by atoms with Gasteiger partial charge in [-0.3, -0.25) is 9.89 Å². The number of guanidine groups is 1. The molecule has 1 atom stereocenters. The summed E-state index contributed by atoms with van der Waals surface area (Å²) in [7, 11) is 4.10. The van der Waals surface area contributed by atoms with Gasteiger partial charge in [0.05, 0.1) is 18.8 Å². The van der Waals surface area contributed by atoms with Crippen LogP contribution in [-0.2, 0) is 0 Å². The molecule has 1 heterocycles. The molecule has 2 N–H and O–H groups in total. The average molecular weight is 308 g/mol. The van der Waals surface area contributed by atoms with E-state index in [2.05, 4.69) is 29.4 Å². The van der Waals surface area contributed by atoms with Gasteiger partial charge in [-0.25, -0.2) is 0 Å². The number of likely N-dealkylation sites (N-methyl/N-ethyl adjacent to an activating group) is 1. The number of unbranched alkanes of at least 4 members (excludes halogenated alkanes) is 3. The molecule has 0 aliphatic heterocycles. The van der Waals surface area contributed by atoms with Crippen LogP contribution in [0.2, 0.25) is 0 Å². The first-order valence-corrected chi connectivity index (χ1v) is 8.41. The van der Waals surface area contributed by atoms with Crippen LogP contribution in [0.25, 0.3) is 0 Å². The molecule has 0 spiro atoms. The monoisotopic (exact) mass is 308 g/mol. The van der Waals surface area contributed by atoms with Gasteiger partial charge in [0, 0.05) is 13.1 Å². The van der Waals surface area contributed by atoms with E-state index < -0.39 is 0 Å². The van der Waals surface area contributed by atoms with Gasteiger partial charge in [-0.2, -0.15) is 0 Å². The van der Waals surface area contributed by atoms with Gasteiger partial charge in [-0.1, -0.05) is 26.2 Å².